The summed E-state index contributed by atoms with van der Waals surface area (Å²) in [7, 11) is -0.213. The van der Waals surface area contributed by atoms with Crippen LogP contribution in [-0.4, -0.2) is 13.2 Å². The molecule has 0 saturated carbocycles. The largest absolute Gasteiger partial charge is 0.448 e. The highest BCUT2D eigenvalue weighted by Crippen LogP contribution is 2.48. The quantitative estimate of drug-likeness (QED) is 0.0659. The minimum atomic E-state index is -0.106. The van der Waals surface area contributed by atoms with Gasteiger partial charge in [-0.1, -0.05) is 163 Å². The molecule has 0 heterocycles. The van der Waals surface area contributed by atoms with Gasteiger partial charge in [0.25, 0.3) is 0 Å². The third-order valence-electron chi connectivity index (χ3n) is 8.62. The molecule has 0 aromatic heterocycles. The summed E-state index contributed by atoms with van der Waals surface area (Å²) in [4.78, 5) is 0. The van der Waals surface area contributed by atoms with Gasteiger partial charge in [-0.05, 0) is 35.8 Å². The second kappa shape index (κ2) is 20.5. The van der Waals surface area contributed by atoms with Crippen LogP contribution in [0, 0.1) is 11.8 Å². The molecular weight excluding hydrogens is 606 g/mol. The van der Waals surface area contributed by atoms with Crippen LogP contribution in [0.5, 0.6) is 11.5 Å². The van der Waals surface area contributed by atoms with Gasteiger partial charge in [-0.15, -0.1) is 0 Å². The third-order valence-corrected chi connectivity index (χ3v) is 9.76. The van der Waals surface area contributed by atoms with Crippen molar-refractivity contribution in [3.8, 4) is 44.9 Å². The van der Waals surface area contributed by atoms with Crippen LogP contribution in [-0.2, 0) is 9.05 Å². The molecule has 246 valence electrons. The van der Waals surface area contributed by atoms with E-state index in [2.05, 4.69) is 113 Å². The number of hydrogen-bond donors (Lipinski definition) is 0. The van der Waals surface area contributed by atoms with Crippen LogP contribution in [0.25, 0.3) is 33.4 Å². The first-order valence-electron chi connectivity index (χ1n) is 17.1. The third kappa shape index (κ3) is 10.6. The average molecular weight is 659 g/mol. The normalized spacial score (nSPS) is 13.0. The van der Waals surface area contributed by atoms with E-state index < -0.39 is 0 Å². The molecule has 4 nitrogen and oxygen atoms in total. The van der Waals surface area contributed by atoms with Crippen molar-refractivity contribution in [1.82, 2.24) is 0 Å². The zero-order chi connectivity index (χ0) is 32.4. The lowest BCUT2D eigenvalue weighted by atomic mass is 9.94. The van der Waals surface area contributed by atoms with Crippen molar-refractivity contribution in [1.29, 1.82) is 0 Å². The van der Waals surface area contributed by atoms with Gasteiger partial charge in [0.05, 0.1) is 13.2 Å². The first-order valence-corrected chi connectivity index (χ1v) is 18.8. The summed E-state index contributed by atoms with van der Waals surface area (Å²) in [5.74, 6) is 2.72. The molecule has 0 aliphatic carbocycles. The molecule has 6 heteroatoms. The van der Waals surface area contributed by atoms with Crippen molar-refractivity contribution in [2.75, 3.05) is 13.2 Å². The Hall–Kier alpha value is -2.74. The minimum absolute atomic E-state index is 0.106. The number of rotatable bonds is 21. The van der Waals surface area contributed by atoms with Gasteiger partial charge in [0.1, 0.15) is 11.5 Å². The standard InChI is InChI=1S/C40H52O4P2/c1-5-9-19-31(7-3)29-41-45-43-39-35(33-21-13-11-14-22-33)25-17-27-37(39)38-28-18-26-36(34-23-15-12-16-24-34)40(38)44-46-42-30-32(8-4)20-10-6-2/h11-18,21-28,31-32,45-46H,5-10,19-20,29-30H2,1-4H3. The molecule has 0 aliphatic heterocycles. The molecule has 0 spiro atoms. The van der Waals surface area contributed by atoms with Gasteiger partial charge >= 0.3 is 0 Å². The summed E-state index contributed by atoms with van der Waals surface area (Å²) in [6.07, 6.45) is 9.49. The molecular formula is C40H52O4P2. The van der Waals surface area contributed by atoms with Gasteiger partial charge in [0, 0.05) is 22.3 Å². The van der Waals surface area contributed by atoms with Crippen LogP contribution in [0.3, 0.4) is 0 Å². The number of unbranched alkanes of at least 4 members (excludes halogenated alkanes) is 2. The van der Waals surface area contributed by atoms with Crippen molar-refractivity contribution in [3.63, 3.8) is 0 Å². The van der Waals surface area contributed by atoms with E-state index in [9.17, 15) is 0 Å². The van der Waals surface area contributed by atoms with Crippen molar-refractivity contribution in [2.24, 2.45) is 11.8 Å². The summed E-state index contributed by atoms with van der Waals surface area (Å²) < 4.78 is 25.6. The fraction of sp³-hybridized carbons (Fsp3) is 0.400. The van der Waals surface area contributed by atoms with Gasteiger partial charge in [-0.2, -0.15) is 0 Å². The van der Waals surface area contributed by atoms with E-state index in [4.69, 9.17) is 18.1 Å². The molecule has 46 heavy (non-hydrogen) atoms. The van der Waals surface area contributed by atoms with E-state index in [1.54, 1.807) is 0 Å². The number of para-hydroxylation sites is 2. The van der Waals surface area contributed by atoms with Gasteiger partial charge < -0.3 is 18.1 Å². The highest BCUT2D eigenvalue weighted by atomic mass is 31.1. The smallest absolute Gasteiger partial charge is 0.215 e. The van der Waals surface area contributed by atoms with E-state index in [1.807, 2.05) is 12.1 Å². The SMILES string of the molecule is CCCCC(CC)COPOc1c(-c2ccccc2)cccc1-c1cccc(-c2ccccc2)c1OPOCC(CC)CCCC. The van der Waals surface area contributed by atoms with Crippen LogP contribution in [0.15, 0.2) is 97.1 Å². The lowest BCUT2D eigenvalue weighted by Gasteiger charge is -2.21. The van der Waals surface area contributed by atoms with Gasteiger partial charge in [-0.3, -0.25) is 0 Å². The molecule has 0 amide bonds. The highest BCUT2D eigenvalue weighted by Gasteiger charge is 2.21. The first kappa shape index (κ1) is 36.1. The van der Waals surface area contributed by atoms with Gasteiger partial charge in [-0.25, -0.2) is 0 Å². The van der Waals surface area contributed by atoms with E-state index >= 15 is 0 Å². The van der Waals surface area contributed by atoms with E-state index in [0.29, 0.717) is 25.0 Å². The molecule has 4 aromatic carbocycles. The van der Waals surface area contributed by atoms with Gasteiger partial charge in [0.15, 0.2) is 0 Å². The van der Waals surface area contributed by atoms with Crippen LogP contribution >= 0.6 is 18.1 Å². The fourth-order valence-electron chi connectivity index (χ4n) is 5.65. The molecule has 4 unspecified atom stereocenters. The maximum Gasteiger partial charge on any atom is 0.215 e. The number of benzene rings is 4. The maximum atomic E-state index is 6.61. The van der Waals surface area contributed by atoms with Crippen molar-refractivity contribution >= 4 is 18.1 Å². The van der Waals surface area contributed by atoms with Gasteiger partial charge in [0.2, 0.25) is 18.1 Å². The Bertz CT molecular complexity index is 1300. The molecule has 0 bridgehead atoms. The minimum Gasteiger partial charge on any atom is -0.448 e. The number of hydrogen-bond acceptors (Lipinski definition) is 4. The van der Waals surface area contributed by atoms with E-state index in [0.717, 1.165) is 57.7 Å². The maximum absolute atomic E-state index is 6.61. The summed E-state index contributed by atoms with van der Waals surface area (Å²) >= 11 is 0. The lowest BCUT2D eigenvalue weighted by molar-refractivity contribution is 0.244. The summed E-state index contributed by atoms with van der Waals surface area (Å²) in [5.41, 5.74) is 6.21. The predicted octanol–water partition coefficient (Wildman–Crippen LogP) is 12.9. The Balaban J connectivity index is 1.68. The zero-order valence-corrected chi connectivity index (χ0v) is 30.1. The summed E-state index contributed by atoms with van der Waals surface area (Å²) in [6.45, 7) is 10.4. The lowest BCUT2D eigenvalue weighted by Crippen LogP contribution is -2.06. The molecule has 4 aromatic rings. The Kier molecular flexibility index (Phi) is 16.1. The van der Waals surface area contributed by atoms with Crippen LogP contribution in [0.2, 0.25) is 0 Å². The Labute approximate surface area is 281 Å². The molecule has 0 aliphatic rings. The second-order valence-electron chi connectivity index (χ2n) is 11.9. The Morgan fingerprint density at radius 1 is 0.478 bits per heavy atom. The average Bonchev–Trinajstić information content (AvgIpc) is 3.11. The molecule has 0 radical (unpaired) electrons. The highest BCUT2D eigenvalue weighted by molar-refractivity contribution is 7.27. The molecule has 0 saturated heterocycles. The topological polar surface area (TPSA) is 36.9 Å². The van der Waals surface area contributed by atoms with Crippen LogP contribution < -0.4 is 9.05 Å². The summed E-state index contributed by atoms with van der Waals surface area (Å²) in [6, 6.07) is 33.6. The van der Waals surface area contributed by atoms with Crippen molar-refractivity contribution in [2.45, 2.75) is 79.1 Å². The van der Waals surface area contributed by atoms with Crippen LogP contribution in [0.1, 0.15) is 79.1 Å². The summed E-state index contributed by atoms with van der Waals surface area (Å²) in [5, 5.41) is 0. The molecule has 4 atom stereocenters. The molecule has 0 fully saturated rings. The first-order chi connectivity index (χ1) is 22.7. The van der Waals surface area contributed by atoms with Crippen molar-refractivity contribution < 1.29 is 18.1 Å². The fourth-order valence-corrected chi connectivity index (χ4v) is 6.98. The molecule has 4 rings (SSSR count). The van der Waals surface area contributed by atoms with Crippen LogP contribution in [0.4, 0.5) is 0 Å². The molecule has 0 N–H and O–H groups in total. The Morgan fingerprint density at radius 2 is 0.870 bits per heavy atom. The Morgan fingerprint density at radius 3 is 1.24 bits per heavy atom. The van der Waals surface area contributed by atoms with Crippen molar-refractivity contribution in [3.05, 3.63) is 97.1 Å². The second-order valence-corrected chi connectivity index (χ2v) is 13.2. The van der Waals surface area contributed by atoms with E-state index in [1.165, 1.54) is 38.5 Å². The zero-order valence-electron chi connectivity index (χ0n) is 28.1. The van der Waals surface area contributed by atoms with E-state index in [-0.39, 0.29) is 18.1 Å². The predicted molar refractivity (Wildman–Crippen MR) is 199 cm³/mol. The monoisotopic (exact) mass is 658 g/mol.